The number of carbonyl (C=O) groups excluding carboxylic acids is 2. The van der Waals surface area contributed by atoms with Crippen LogP contribution in [-0.4, -0.2) is 29.9 Å². The molecule has 1 heterocycles. The number of rotatable bonds is 20. The standard InChI is InChI=1S/C30H48N2O4/c1-3-4-5-6-7-8-9-10-11-12-13-14-15-17-25-18-16-19-26(22-33)28(25)29-27(20-21-36-23-34)24(2)31-30(35)32-29/h16,18-19,23,27,29,33H,3-15,17,20-22H2,1-2H3,(H,32,35). The molecular weight excluding hydrogens is 452 g/mol. The monoisotopic (exact) mass is 500 g/mol. The number of carbonyl (C=O) groups is 2. The minimum atomic E-state index is -0.357. The number of hydrogen-bond acceptors (Lipinski definition) is 4. The SMILES string of the molecule is CCCCCCCCCCCCCCCc1cccc(CO)c1C1NC(=O)N=C(C)C1CCOC=O. The van der Waals surface area contributed by atoms with E-state index in [-0.39, 0.29) is 31.2 Å². The van der Waals surface area contributed by atoms with Gasteiger partial charge >= 0.3 is 6.03 Å². The predicted molar refractivity (Wildman–Crippen MR) is 146 cm³/mol. The van der Waals surface area contributed by atoms with E-state index in [1.165, 1.54) is 82.6 Å². The van der Waals surface area contributed by atoms with E-state index < -0.39 is 0 Å². The molecule has 1 aliphatic rings. The zero-order chi connectivity index (χ0) is 26.0. The normalized spacial score (nSPS) is 17.5. The van der Waals surface area contributed by atoms with Crippen molar-refractivity contribution in [2.24, 2.45) is 10.9 Å². The predicted octanol–water partition coefficient (Wildman–Crippen LogP) is 7.22. The number of aliphatic imine (C=N–C) groups is 1. The van der Waals surface area contributed by atoms with Crippen LogP contribution < -0.4 is 5.32 Å². The van der Waals surface area contributed by atoms with Gasteiger partial charge in [0, 0.05) is 11.6 Å². The van der Waals surface area contributed by atoms with Crippen LogP contribution in [0.4, 0.5) is 4.79 Å². The Kier molecular flexibility index (Phi) is 15.1. The van der Waals surface area contributed by atoms with E-state index >= 15 is 0 Å². The van der Waals surface area contributed by atoms with Crippen LogP contribution in [0.25, 0.3) is 0 Å². The third-order valence-electron chi connectivity index (χ3n) is 7.43. The summed E-state index contributed by atoms with van der Waals surface area (Å²) in [6, 6.07) is 5.38. The first-order valence-corrected chi connectivity index (χ1v) is 14.2. The summed E-state index contributed by atoms with van der Waals surface area (Å²) in [5.41, 5.74) is 3.74. The lowest BCUT2D eigenvalue weighted by molar-refractivity contribution is -0.128. The van der Waals surface area contributed by atoms with Gasteiger partial charge in [-0.3, -0.25) is 4.79 Å². The third-order valence-corrected chi connectivity index (χ3v) is 7.43. The Morgan fingerprint density at radius 3 is 2.11 bits per heavy atom. The molecule has 1 aliphatic heterocycles. The van der Waals surface area contributed by atoms with Crippen LogP contribution in [0.1, 0.15) is 126 Å². The number of benzene rings is 1. The first-order chi connectivity index (χ1) is 17.6. The number of ether oxygens (including phenoxy) is 1. The lowest BCUT2D eigenvalue weighted by atomic mass is 9.81. The van der Waals surface area contributed by atoms with Crippen molar-refractivity contribution in [2.45, 2.75) is 123 Å². The Morgan fingerprint density at radius 1 is 0.944 bits per heavy atom. The Labute approximate surface area is 218 Å². The first-order valence-electron chi connectivity index (χ1n) is 14.2. The van der Waals surface area contributed by atoms with Crippen LogP contribution in [0, 0.1) is 5.92 Å². The fraction of sp³-hybridized carbons (Fsp3) is 0.700. The molecule has 2 rings (SSSR count). The van der Waals surface area contributed by atoms with Gasteiger partial charge in [0.15, 0.2) is 0 Å². The molecule has 6 nitrogen and oxygen atoms in total. The van der Waals surface area contributed by atoms with Crippen molar-refractivity contribution in [2.75, 3.05) is 6.61 Å². The Bertz CT molecular complexity index is 808. The number of nitrogens with one attached hydrogen (secondary N) is 1. The van der Waals surface area contributed by atoms with E-state index in [4.69, 9.17) is 4.74 Å². The van der Waals surface area contributed by atoms with Crippen LogP contribution in [0.3, 0.4) is 0 Å². The van der Waals surface area contributed by atoms with E-state index in [2.05, 4.69) is 23.3 Å². The molecule has 2 amide bonds. The summed E-state index contributed by atoms with van der Waals surface area (Å²) in [7, 11) is 0. The number of nitrogens with zero attached hydrogens (tertiary/aromatic N) is 1. The van der Waals surface area contributed by atoms with Gasteiger partial charge in [0.1, 0.15) is 0 Å². The molecule has 2 N–H and O–H groups in total. The van der Waals surface area contributed by atoms with Gasteiger partial charge in [0.2, 0.25) is 0 Å². The lowest BCUT2D eigenvalue weighted by Crippen LogP contribution is -2.41. The summed E-state index contributed by atoms with van der Waals surface area (Å²) in [5, 5.41) is 13.1. The number of unbranched alkanes of at least 4 members (excludes halogenated alkanes) is 12. The van der Waals surface area contributed by atoms with E-state index in [9.17, 15) is 14.7 Å². The largest absolute Gasteiger partial charge is 0.468 e. The maximum atomic E-state index is 12.3. The van der Waals surface area contributed by atoms with Gasteiger partial charge in [-0.05, 0) is 42.9 Å². The van der Waals surface area contributed by atoms with Crippen molar-refractivity contribution in [3.63, 3.8) is 0 Å². The molecule has 1 aromatic rings. The maximum Gasteiger partial charge on any atom is 0.341 e. The fourth-order valence-corrected chi connectivity index (χ4v) is 5.40. The number of hydrogen-bond donors (Lipinski definition) is 2. The van der Waals surface area contributed by atoms with Crippen LogP contribution in [-0.2, 0) is 22.6 Å². The molecule has 36 heavy (non-hydrogen) atoms. The summed E-state index contributed by atoms with van der Waals surface area (Å²) in [6.07, 6.45) is 18.7. The molecular formula is C30H48N2O4. The van der Waals surface area contributed by atoms with E-state index in [1.807, 2.05) is 19.1 Å². The summed E-state index contributed by atoms with van der Waals surface area (Å²) in [4.78, 5) is 27.0. The summed E-state index contributed by atoms with van der Waals surface area (Å²) in [5.74, 6) is -0.0826. The molecule has 0 bridgehead atoms. The van der Waals surface area contributed by atoms with Crippen molar-refractivity contribution in [3.05, 3.63) is 34.9 Å². The minimum absolute atomic E-state index is 0.0815. The lowest BCUT2D eigenvalue weighted by Gasteiger charge is -2.33. The molecule has 2 unspecified atom stereocenters. The molecule has 0 spiro atoms. The topological polar surface area (TPSA) is 88.0 Å². The van der Waals surface area contributed by atoms with Crippen LogP contribution in [0.5, 0.6) is 0 Å². The van der Waals surface area contributed by atoms with Crippen molar-refractivity contribution >= 4 is 18.2 Å². The molecule has 0 fully saturated rings. The quantitative estimate of drug-likeness (QED) is 0.146. The zero-order valence-electron chi connectivity index (χ0n) is 22.6. The van der Waals surface area contributed by atoms with Crippen molar-refractivity contribution in [1.29, 1.82) is 0 Å². The van der Waals surface area contributed by atoms with Crippen molar-refractivity contribution in [3.8, 4) is 0 Å². The number of aliphatic hydroxyl groups is 1. The van der Waals surface area contributed by atoms with Crippen LogP contribution >= 0.6 is 0 Å². The molecule has 1 aromatic carbocycles. The van der Waals surface area contributed by atoms with Crippen molar-refractivity contribution in [1.82, 2.24) is 5.32 Å². The number of urea groups is 1. The van der Waals surface area contributed by atoms with E-state index in [1.54, 1.807) is 0 Å². The Morgan fingerprint density at radius 2 is 1.53 bits per heavy atom. The molecule has 202 valence electrons. The minimum Gasteiger partial charge on any atom is -0.468 e. The Hall–Kier alpha value is -2.21. The second kappa shape index (κ2) is 18.1. The molecule has 0 saturated carbocycles. The average Bonchev–Trinajstić information content (AvgIpc) is 2.87. The van der Waals surface area contributed by atoms with Gasteiger partial charge in [0.25, 0.3) is 6.47 Å². The molecule has 0 radical (unpaired) electrons. The summed E-state index contributed by atoms with van der Waals surface area (Å²) in [6.45, 7) is 4.75. The second-order valence-electron chi connectivity index (χ2n) is 10.2. The first kappa shape index (κ1) is 30.0. The molecule has 0 aliphatic carbocycles. The highest BCUT2D eigenvalue weighted by Crippen LogP contribution is 2.34. The van der Waals surface area contributed by atoms with Crippen molar-refractivity contribution < 1.29 is 19.4 Å². The zero-order valence-corrected chi connectivity index (χ0v) is 22.6. The molecule has 0 aromatic heterocycles. The van der Waals surface area contributed by atoms with E-state index in [0.717, 1.165) is 29.7 Å². The van der Waals surface area contributed by atoms with Crippen LogP contribution in [0.2, 0.25) is 0 Å². The van der Waals surface area contributed by atoms with Gasteiger partial charge in [-0.15, -0.1) is 0 Å². The van der Waals surface area contributed by atoms with Crippen LogP contribution in [0.15, 0.2) is 23.2 Å². The highest BCUT2D eigenvalue weighted by molar-refractivity contribution is 5.98. The van der Waals surface area contributed by atoms with Gasteiger partial charge in [0.05, 0.1) is 19.3 Å². The number of amides is 2. The number of aryl methyl sites for hydroxylation is 1. The maximum absolute atomic E-state index is 12.3. The molecule has 2 atom stereocenters. The average molecular weight is 501 g/mol. The second-order valence-corrected chi connectivity index (χ2v) is 10.2. The molecule has 6 heteroatoms. The Balaban J connectivity index is 1.85. The number of aliphatic hydroxyl groups excluding tert-OH is 1. The summed E-state index contributed by atoms with van der Waals surface area (Å²) >= 11 is 0. The summed E-state index contributed by atoms with van der Waals surface area (Å²) < 4.78 is 4.94. The highest BCUT2D eigenvalue weighted by atomic mass is 16.5. The van der Waals surface area contributed by atoms with E-state index in [0.29, 0.717) is 12.9 Å². The highest BCUT2D eigenvalue weighted by Gasteiger charge is 2.33. The van der Waals surface area contributed by atoms with Gasteiger partial charge in [-0.2, -0.15) is 0 Å². The molecule has 0 saturated heterocycles. The fourth-order valence-electron chi connectivity index (χ4n) is 5.40. The van der Waals surface area contributed by atoms with Gasteiger partial charge < -0.3 is 15.2 Å². The third kappa shape index (κ3) is 10.4. The smallest absolute Gasteiger partial charge is 0.341 e. The van der Waals surface area contributed by atoms with Gasteiger partial charge in [-0.1, -0.05) is 102 Å². The van der Waals surface area contributed by atoms with Gasteiger partial charge in [-0.25, -0.2) is 9.79 Å².